The second kappa shape index (κ2) is 19.8. The highest BCUT2D eigenvalue weighted by molar-refractivity contribution is 5.90. The zero-order valence-corrected chi connectivity index (χ0v) is 36.6. The molecular formula is C45H62N12O4. The first kappa shape index (κ1) is 43.4. The summed E-state index contributed by atoms with van der Waals surface area (Å²) >= 11 is 0. The van der Waals surface area contributed by atoms with E-state index in [-0.39, 0.29) is 23.9 Å². The molecule has 2 aromatic heterocycles. The smallest absolute Gasteiger partial charge is 0.344 e. The maximum atomic E-state index is 12.8. The molecule has 0 saturated carbocycles. The average molecular weight is 835 g/mol. The van der Waals surface area contributed by atoms with Crippen molar-refractivity contribution in [3.05, 3.63) is 83.2 Å². The molecule has 4 aliphatic heterocycles. The molecule has 1 N–H and O–H groups in total. The number of benzene rings is 2. The number of piperazine rings is 2. The van der Waals surface area contributed by atoms with E-state index < -0.39 is 0 Å². The second-order valence-electron chi connectivity index (χ2n) is 16.9. The van der Waals surface area contributed by atoms with Crippen LogP contribution in [0.5, 0.6) is 0 Å². The molecule has 4 saturated heterocycles. The zero-order valence-electron chi connectivity index (χ0n) is 36.6. The van der Waals surface area contributed by atoms with Crippen LogP contribution < -0.4 is 20.0 Å². The normalized spacial score (nSPS) is 17.3. The lowest BCUT2D eigenvalue weighted by molar-refractivity contribution is -0.116. The van der Waals surface area contributed by atoms with Gasteiger partial charge in [0.2, 0.25) is 11.8 Å². The third-order valence-electron chi connectivity index (χ3n) is 12.0. The molecule has 8 rings (SSSR count). The molecule has 4 amide bonds. The standard InChI is InChI=1S/C23H32N6O2.C22H30N6O2/c1-18-14-20(16-21(15-18)27-7-4-5-8-27)17-26-10-12-28(13-11-26)23(31)29-9-6-22(24-29)25(3)19(2)30;1-17-13-19(15-20(14-17)26-6-3-4-7-26)16-25-9-11-27(12-10-25)22(30)28-8-5-21(24-28)23-18(2)29/h6,9,14-16H,4-5,7-8,10-13,17H2,1-3H3;5,8,13-15H,3-4,6-7,9-12,16H2,1-2H3,(H,23,24,29). The number of hydrogen-bond donors (Lipinski definition) is 1. The van der Waals surface area contributed by atoms with E-state index in [0.717, 1.165) is 65.4 Å². The summed E-state index contributed by atoms with van der Waals surface area (Å²) in [4.78, 5) is 63.0. The zero-order chi connectivity index (χ0) is 43.0. The van der Waals surface area contributed by atoms with Crippen molar-refractivity contribution in [2.24, 2.45) is 0 Å². The monoisotopic (exact) mass is 835 g/mol. The van der Waals surface area contributed by atoms with Gasteiger partial charge in [-0.2, -0.15) is 9.36 Å². The van der Waals surface area contributed by atoms with Crippen LogP contribution in [0.15, 0.2) is 60.9 Å². The summed E-state index contributed by atoms with van der Waals surface area (Å²) in [6, 6.07) is 16.8. The van der Waals surface area contributed by atoms with Gasteiger partial charge in [0.25, 0.3) is 0 Å². The molecule has 6 heterocycles. The van der Waals surface area contributed by atoms with Crippen molar-refractivity contribution < 1.29 is 19.2 Å². The van der Waals surface area contributed by atoms with Crippen LogP contribution in [0.3, 0.4) is 0 Å². The molecule has 16 heteroatoms. The van der Waals surface area contributed by atoms with E-state index in [0.29, 0.717) is 37.8 Å². The summed E-state index contributed by atoms with van der Waals surface area (Å²) in [5, 5.41) is 11.0. The van der Waals surface area contributed by atoms with Crippen LogP contribution in [0.4, 0.5) is 32.6 Å². The molecule has 4 aliphatic rings. The lowest BCUT2D eigenvalue weighted by Gasteiger charge is -2.34. The molecule has 4 aromatic rings. The van der Waals surface area contributed by atoms with Gasteiger partial charge >= 0.3 is 12.1 Å². The lowest BCUT2D eigenvalue weighted by Crippen LogP contribution is -2.49. The molecular weight excluding hydrogens is 773 g/mol. The van der Waals surface area contributed by atoms with E-state index in [1.165, 1.54) is 87.4 Å². The van der Waals surface area contributed by atoms with Crippen LogP contribution in [0.25, 0.3) is 0 Å². The minimum atomic E-state index is -0.203. The van der Waals surface area contributed by atoms with Gasteiger partial charge < -0.3 is 24.9 Å². The third kappa shape index (κ3) is 11.4. The topological polar surface area (TPSA) is 139 Å². The fourth-order valence-corrected chi connectivity index (χ4v) is 8.62. The number of hydrogen-bond acceptors (Lipinski definition) is 10. The Hall–Kier alpha value is -5.74. The maximum absolute atomic E-state index is 12.8. The number of aromatic nitrogens is 4. The second-order valence-corrected chi connectivity index (χ2v) is 16.9. The Morgan fingerprint density at radius 3 is 1.48 bits per heavy atom. The van der Waals surface area contributed by atoms with Gasteiger partial charge in [0.05, 0.1) is 0 Å². The largest absolute Gasteiger partial charge is 0.372 e. The Balaban J connectivity index is 0.000000184. The van der Waals surface area contributed by atoms with E-state index in [4.69, 9.17) is 0 Å². The molecule has 61 heavy (non-hydrogen) atoms. The maximum Gasteiger partial charge on any atom is 0.344 e. The van der Waals surface area contributed by atoms with Gasteiger partial charge in [-0.15, -0.1) is 10.2 Å². The van der Waals surface area contributed by atoms with Crippen LogP contribution >= 0.6 is 0 Å². The van der Waals surface area contributed by atoms with E-state index in [1.54, 1.807) is 31.6 Å². The fraction of sp³-hybridized carbons (Fsp3) is 0.511. The number of carbonyl (C=O) groups excluding carboxylic acids is 4. The molecule has 0 bridgehead atoms. The molecule has 0 unspecified atom stereocenters. The highest BCUT2D eigenvalue weighted by Gasteiger charge is 2.26. The van der Waals surface area contributed by atoms with Crippen molar-refractivity contribution >= 4 is 46.9 Å². The van der Waals surface area contributed by atoms with Crippen molar-refractivity contribution in [3.8, 4) is 0 Å². The molecule has 2 aromatic carbocycles. The Bertz CT molecular complexity index is 2150. The van der Waals surface area contributed by atoms with Gasteiger partial charge in [0.15, 0.2) is 11.6 Å². The number of carbonyl (C=O) groups is 4. The Morgan fingerprint density at radius 1 is 0.590 bits per heavy atom. The quantitative estimate of drug-likeness (QED) is 0.256. The first-order valence-electron chi connectivity index (χ1n) is 21.8. The van der Waals surface area contributed by atoms with E-state index in [1.807, 2.05) is 9.80 Å². The van der Waals surface area contributed by atoms with Gasteiger partial charge in [-0.3, -0.25) is 24.3 Å². The van der Waals surface area contributed by atoms with Gasteiger partial charge in [0.1, 0.15) is 0 Å². The Labute approximate surface area is 359 Å². The average Bonchev–Trinajstić information content (AvgIpc) is 4.09. The minimum absolute atomic E-state index is 0.115. The third-order valence-corrected chi connectivity index (χ3v) is 12.0. The summed E-state index contributed by atoms with van der Waals surface area (Å²) in [6.45, 7) is 19.6. The summed E-state index contributed by atoms with van der Waals surface area (Å²) < 4.78 is 2.62. The van der Waals surface area contributed by atoms with Crippen molar-refractivity contribution in [2.75, 3.05) is 106 Å². The predicted octanol–water partition coefficient (Wildman–Crippen LogP) is 5.10. The number of anilines is 4. The molecule has 4 fully saturated rings. The van der Waals surface area contributed by atoms with E-state index in [2.05, 4.69) is 85.4 Å². The minimum Gasteiger partial charge on any atom is -0.372 e. The number of amides is 4. The van der Waals surface area contributed by atoms with Crippen molar-refractivity contribution in [3.63, 3.8) is 0 Å². The number of aryl methyl sites for hydroxylation is 2. The van der Waals surface area contributed by atoms with Crippen molar-refractivity contribution in [2.45, 2.75) is 66.5 Å². The van der Waals surface area contributed by atoms with Crippen molar-refractivity contribution in [1.82, 2.24) is 39.2 Å². The van der Waals surface area contributed by atoms with Crippen LogP contribution in [0, 0.1) is 13.8 Å². The molecule has 16 nitrogen and oxygen atoms in total. The number of nitrogens with one attached hydrogen (secondary N) is 1. The molecule has 0 spiro atoms. The summed E-state index contributed by atoms with van der Waals surface area (Å²) in [5.41, 5.74) is 7.96. The molecule has 0 atom stereocenters. The van der Waals surface area contributed by atoms with Crippen LogP contribution in [-0.2, 0) is 22.7 Å². The first-order chi connectivity index (χ1) is 29.4. The van der Waals surface area contributed by atoms with Gasteiger partial charge in [-0.1, -0.05) is 12.1 Å². The molecule has 0 radical (unpaired) electrons. The van der Waals surface area contributed by atoms with Crippen molar-refractivity contribution in [1.29, 1.82) is 0 Å². The fourth-order valence-electron chi connectivity index (χ4n) is 8.62. The van der Waals surface area contributed by atoms with Gasteiger partial charge in [-0.05, 0) is 86.1 Å². The highest BCUT2D eigenvalue weighted by atomic mass is 16.2. The first-order valence-corrected chi connectivity index (χ1v) is 21.8. The summed E-state index contributed by atoms with van der Waals surface area (Å²) in [7, 11) is 1.65. The van der Waals surface area contributed by atoms with Crippen LogP contribution in [0.2, 0.25) is 0 Å². The summed E-state index contributed by atoms with van der Waals surface area (Å²) in [5.74, 6) is 0.552. The molecule has 0 aliphatic carbocycles. The van der Waals surface area contributed by atoms with E-state index >= 15 is 0 Å². The van der Waals surface area contributed by atoms with Crippen LogP contribution in [0.1, 0.15) is 61.8 Å². The Morgan fingerprint density at radius 2 is 1.03 bits per heavy atom. The number of rotatable bonds is 8. The van der Waals surface area contributed by atoms with Gasteiger partial charge in [0, 0.05) is 148 Å². The van der Waals surface area contributed by atoms with E-state index in [9.17, 15) is 19.2 Å². The number of nitrogens with zero attached hydrogens (tertiary/aromatic N) is 11. The SMILES string of the molecule is CC(=O)N(C)c1ccn(C(=O)N2CCN(Cc3cc(C)cc(N4CCCC4)c3)CC2)n1.CC(=O)Nc1ccn(C(=O)N2CCN(Cc3cc(C)cc(N4CCCC4)c3)CC2)n1. The van der Waals surface area contributed by atoms with Gasteiger partial charge in [-0.25, -0.2) is 9.59 Å². The van der Waals surface area contributed by atoms with Crippen LogP contribution in [-0.4, -0.2) is 149 Å². The predicted molar refractivity (Wildman–Crippen MR) is 238 cm³/mol. The Kier molecular flexibility index (Phi) is 14.0. The molecule has 326 valence electrons. The highest BCUT2D eigenvalue weighted by Crippen LogP contribution is 2.26. The lowest BCUT2D eigenvalue weighted by atomic mass is 10.1. The summed E-state index contributed by atoms with van der Waals surface area (Å²) in [6.07, 6.45) is 8.33.